The summed E-state index contributed by atoms with van der Waals surface area (Å²) >= 11 is 2.07. The fraction of sp³-hybridized carbons (Fsp3) is 0. The number of hydrogen-bond acceptors (Lipinski definition) is 2. The van der Waals surface area contributed by atoms with Gasteiger partial charge in [0.25, 0.3) is 0 Å². The topological polar surface area (TPSA) is 70.7 Å². The lowest BCUT2D eigenvalue weighted by Gasteiger charge is -2.00. The first-order chi connectivity index (χ1) is 6.70. The van der Waals surface area contributed by atoms with Crippen LogP contribution in [0.25, 0.3) is 5.69 Å². The van der Waals surface area contributed by atoms with Crippen LogP contribution in [0.15, 0.2) is 33.9 Å². The molecule has 1 aromatic carbocycles. The average Bonchev–Trinajstić information content (AvgIpc) is 2.48. The first kappa shape index (κ1) is 9.25. The molecule has 2 N–H and O–H groups in total. The molecule has 0 fully saturated rings. The SMILES string of the molecule is O=c1[nH][nH]c(=O)n1-c1ccccc1I. The lowest BCUT2D eigenvalue weighted by Crippen LogP contribution is -2.25. The highest BCUT2D eigenvalue weighted by Crippen LogP contribution is 2.12. The Hall–Kier alpha value is -1.31. The van der Waals surface area contributed by atoms with E-state index in [9.17, 15) is 9.59 Å². The second-order valence-electron chi connectivity index (χ2n) is 2.65. The standard InChI is InChI=1S/C8H6IN3O2/c9-5-3-1-2-4-6(5)12-7(13)10-11-8(12)14/h1-4H,(H,10,13)(H,11,14). The fourth-order valence-corrected chi connectivity index (χ4v) is 1.79. The van der Waals surface area contributed by atoms with Gasteiger partial charge < -0.3 is 0 Å². The minimum absolute atomic E-state index is 0.459. The zero-order valence-corrected chi connectivity index (χ0v) is 9.11. The third kappa shape index (κ3) is 1.41. The monoisotopic (exact) mass is 303 g/mol. The molecule has 2 aromatic rings. The van der Waals surface area contributed by atoms with E-state index >= 15 is 0 Å². The molecule has 14 heavy (non-hydrogen) atoms. The summed E-state index contributed by atoms with van der Waals surface area (Å²) < 4.78 is 1.90. The van der Waals surface area contributed by atoms with Gasteiger partial charge in [-0.3, -0.25) is 0 Å². The summed E-state index contributed by atoms with van der Waals surface area (Å²) in [6.45, 7) is 0. The molecule has 0 saturated heterocycles. The fourth-order valence-electron chi connectivity index (χ4n) is 1.16. The van der Waals surface area contributed by atoms with Crippen LogP contribution in [-0.4, -0.2) is 14.8 Å². The zero-order valence-electron chi connectivity index (χ0n) is 6.95. The number of aromatic nitrogens is 3. The molecule has 0 spiro atoms. The lowest BCUT2D eigenvalue weighted by atomic mass is 10.3. The molecule has 0 unspecified atom stereocenters. The van der Waals surface area contributed by atoms with Gasteiger partial charge in [-0.25, -0.2) is 24.4 Å². The van der Waals surface area contributed by atoms with E-state index in [2.05, 4.69) is 32.8 Å². The van der Waals surface area contributed by atoms with Crippen LogP contribution in [0.3, 0.4) is 0 Å². The van der Waals surface area contributed by atoms with Crippen molar-refractivity contribution in [2.45, 2.75) is 0 Å². The first-order valence-corrected chi connectivity index (χ1v) is 4.92. The maximum atomic E-state index is 11.3. The zero-order chi connectivity index (χ0) is 10.1. The summed E-state index contributed by atoms with van der Waals surface area (Å²) in [4.78, 5) is 22.5. The molecular formula is C8H6IN3O2. The van der Waals surface area contributed by atoms with Gasteiger partial charge in [0.1, 0.15) is 0 Å². The van der Waals surface area contributed by atoms with Crippen LogP contribution in [0.1, 0.15) is 0 Å². The van der Waals surface area contributed by atoms with Crippen molar-refractivity contribution in [1.82, 2.24) is 14.8 Å². The van der Waals surface area contributed by atoms with Crippen molar-refractivity contribution in [1.29, 1.82) is 0 Å². The van der Waals surface area contributed by atoms with E-state index in [-0.39, 0.29) is 0 Å². The summed E-state index contributed by atoms with van der Waals surface area (Å²) in [5.74, 6) is 0. The van der Waals surface area contributed by atoms with Crippen LogP contribution in [-0.2, 0) is 0 Å². The molecule has 0 aliphatic rings. The van der Waals surface area contributed by atoms with Crippen molar-refractivity contribution < 1.29 is 0 Å². The van der Waals surface area contributed by atoms with Gasteiger partial charge in [-0.15, -0.1) is 0 Å². The van der Waals surface area contributed by atoms with Crippen molar-refractivity contribution in [3.8, 4) is 5.69 Å². The van der Waals surface area contributed by atoms with Gasteiger partial charge >= 0.3 is 11.4 Å². The number of benzene rings is 1. The van der Waals surface area contributed by atoms with Gasteiger partial charge in [-0.05, 0) is 34.7 Å². The highest BCUT2D eigenvalue weighted by Gasteiger charge is 2.07. The van der Waals surface area contributed by atoms with Crippen molar-refractivity contribution in [2.75, 3.05) is 0 Å². The van der Waals surface area contributed by atoms with Crippen molar-refractivity contribution in [2.24, 2.45) is 0 Å². The summed E-state index contributed by atoms with van der Waals surface area (Å²) in [6.07, 6.45) is 0. The number of H-pyrrole nitrogens is 2. The molecule has 1 aromatic heterocycles. The number of halogens is 1. The molecule has 6 heteroatoms. The van der Waals surface area contributed by atoms with Crippen molar-refractivity contribution in [3.05, 3.63) is 48.8 Å². The van der Waals surface area contributed by atoms with E-state index in [1.165, 1.54) is 0 Å². The Kier molecular flexibility index (Phi) is 2.28. The van der Waals surface area contributed by atoms with E-state index in [1.54, 1.807) is 12.1 Å². The number of para-hydroxylation sites is 1. The van der Waals surface area contributed by atoms with Crippen LogP contribution in [0, 0.1) is 3.57 Å². The van der Waals surface area contributed by atoms with E-state index in [0.717, 1.165) is 8.14 Å². The van der Waals surface area contributed by atoms with Gasteiger partial charge in [-0.2, -0.15) is 0 Å². The highest BCUT2D eigenvalue weighted by atomic mass is 127. The van der Waals surface area contributed by atoms with Gasteiger partial charge in [0.05, 0.1) is 5.69 Å². The molecule has 0 saturated carbocycles. The Morgan fingerprint density at radius 1 is 1.07 bits per heavy atom. The summed E-state index contributed by atoms with van der Waals surface area (Å²) in [6, 6.07) is 7.16. The predicted molar refractivity (Wildman–Crippen MR) is 59.7 cm³/mol. The molecule has 2 rings (SSSR count). The van der Waals surface area contributed by atoms with E-state index in [4.69, 9.17) is 0 Å². The average molecular weight is 303 g/mol. The third-order valence-electron chi connectivity index (χ3n) is 1.78. The molecule has 0 atom stereocenters. The molecule has 0 aliphatic carbocycles. The second kappa shape index (κ2) is 3.45. The molecular weight excluding hydrogens is 297 g/mol. The molecule has 1 heterocycles. The Balaban J connectivity index is 2.79. The van der Waals surface area contributed by atoms with Crippen molar-refractivity contribution in [3.63, 3.8) is 0 Å². The molecule has 0 aliphatic heterocycles. The summed E-state index contributed by atoms with van der Waals surface area (Å²) in [7, 11) is 0. The van der Waals surface area contributed by atoms with Crippen LogP contribution in [0.4, 0.5) is 0 Å². The normalized spacial score (nSPS) is 10.4. The minimum atomic E-state index is -0.459. The smallest absolute Gasteiger partial charge is 0.247 e. The molecule has 0 radical (unpaired) electrons. The predicted octanol–water partition coefficient (Wildman–Crippen LogP) is 0.458. The number of hydrogen-bond donors (Lipinski definition) is 2. The summed E-state index contributed by atoms with van der Waals surface area (Å²) in [5.41, 5.74) is -0.334. The number of nitrogens with one attached hydrogen (secondary N) is 2. The van der Waals surface area contributed by atoms with E-state index < -0.39 is 11.4 Å². The lowest BCUT2D eigenvalue weighted by molar-refractivity contribution is 0.946. The number of aromatic amines is 2. The molecule has 0 amide bonds. The van der Waals surface area contributed by atoms with Gasteiger partial charge in [0.15, 0.2) is 0 Å². The van der Waals surface area contributed by atoms with Gasteiger partial charge in [0.2, 0.25) is 0 Å². The molecule has 5 nitrogen and oxygen atoms in total. The maximum absolute atomic E-state index is 11.3. The Morgan fingerprint density at radius 2 is 1.64 bits per heavy atom. The Morgan fingerprint density at radius 3 is 2.21 bits per heavy atom. The van der Waals surface area contributed by atoms with E-state index in [1.807, 2.05) is 12.1 Å². The van der Waals surface area contributed by atoms with Crippen LogP contribution in [0.5, 0.6) is 0 Å². The Bertz CT molecular complexity index is 539. The molecule has 0 bridgehead atoms. The van der Waals surface area contributed by atoms with Crippen LogP contribution in [0.2, 0.25) is 0 Å². The number of rotatable bonds is 1. The quantitative estimate of drug-likeness (QED) is 0.751. The second-order valence-corrected chi connectivity index (χ2v) is 3.81. The minimum Gasteiger partial charge on any atom is -0.247 e. The van der Waals surface area contributed by atoms with E-state index in [0.29, 0.717) is 5.69 Å². The first-order valence-electron chi connectivity index (χ1n) is 3.85. The highest BCUT2D eigenvalue weighted by molar-refractivity contribution is 14.1. The van der Waals surface area contributed by atoms with Crippen LogP contribution >= 0.6 is 22.6 Å². The molecule has 72 valence electrons. The maximum Gasteiger partial charge on any atom is 0.349 e. The number of nitrogens with zero attached hydrogens (tertiary/aromatic N) is 1. The third-order valence-corrected chi connectivity index (χ3v) is 2.69. The van der Waals surface area contributed by atoms with Crippen molar-refractivity contribution >= 4 is 22.6 Å². The summed E-state index contributed by atoms with van der Waals surface area (Å²) in [5, 5.41) is 4.46. The van der Waals surface area contributed by atoms with Gasteiger partial charge in [-0.1, -0.05) is 12.1 Å². The van der Waals surface area contributed by atoms with Gasteiger partial charge in [0, 0.05) is 3.57 Å². The largest absolute Gasteiger partial charge is 0.349 e. The Labute approximate surface area is 91.9 Å². The van der Waals surface area contributed by atoms with Crippen LogP contribution < -0.4 is 11.4 Å².